The first-order chi connectivity index (χ1) is 58.5. The fourth-order valence-corrected chi connectivity index (χ4v) is 22.4. The minimum absolute atomic E-state index is 0.00114. The van der Waals surface area contributed by atoms with Crippen molar-refractivity contribution in [3.8, 4) is 89.5 Å². The summed E-state index contributed by atoms with van der Waals surface area (Å²) in [4.78, 5) is 0. The number of aryl methyl sites for hydroxylation is 10. The Hall–Kier alpha value is -11.7. The SMILES string of the molecule is Cc1ccc(-c2cc3c(cc2C)-c2c(ccc4ccccc24)C(C)(C)C3(C)C)[n+](C)c1.Cc1ccc(-c2cc3c(cc2C)-c2cc4ccccc4cc2C(C)(C)C3(C)C)[n+](C)c1.Cc1ccc(-c2ccc3c(c2C)C(C)(C)C(C)(C)c2c-3ccc3ccccc23)[n+](C)c1.Cc1ccc(-c2ccc3c(c2C)C(C)(C)C(C)(C)c2cc4ccccc4cc2-3)[n+](C)c1. The minimum atomic E-state index is -0.0111. The predicted molar refractivity (Wildman–Crippen MR) is 526 cm³/mol. The number of nitrogens with zero attached hydrogens (tertiary/aromatic N) is 4. The fourth-order valence-electron chi connectivity index (χ4n) is 22.4. The second-order valence-corrected chi connectivity index (χ2v) is 41.5. The molecule has 0 atom stereocenters. The molecule has 4 heterocycles. The van der Waals surface area contributed by atoms with E-state index in [2.05, 4.69) is 480 Å². The van der Waals surface area contributed by atoms with Crippen LogP contribution in [0.3, 0.4) is 0 Å². The van der Waals surface area contributed by atoms with Crippen molar-refractivity contribution in [2.75, 3.05) is 0 Å². The molecule has 4 aromatic heterocycles. The third-order valence-corrected chi connectivity index (χ3v) is 32.1. The van der Waals surface area contributed by atoms with E-state index in [1.807, 2.05) is 0 Å². The zero-order valence-electron chi connectivity index (χ0n) is 79.2. The molecule has 4 nitrogen and oxygen atoms in total. The Kier molecular flexibility index (Phi) is 20.5. The molecule has 0 saturated carbocycles. The highest BCUT2D eigenvalue weighted by molar-refractivity contribution is 6.03. The summed E-state index contributed by atoms with van der Waals surface area (Å²) in [5.41, 5.74) is 43.9. The van der Waals surface area contributed by atoms with E-state index in [0.717, 1.165) is 0 Å². The zero-order valence-corrected chi connectivity index (χ0v) is 79.2. The van der Waals surface area contributed by atoms with Crippen molar-refractivity contribution in [3.05, 3.63) is 356 Å². The van der Waals surface area contributed by atoms with Gasteiger partial charge < -0.3 is 0 Å². The van der Waals surface area contributed by atoms with Crippen LogP contribution in [-0.4, -0.2) is 0 Å². The molecule has 4 aliphatic carbocycles. The lowest BCUT2D eigenvalue weighted by Crippen LogP contribution is -2.44. The van der Waals surface area contributed by atoms with Crippen LogP contribution in [0.15, 0.2) is 267 Å². The highest BCUT2D eigenvalue weighted by Gasteiger charge is 2.52. The van der Waals surface area contributed by atoms with E-state index in [9.17, 15) is 0 Å². The van der Waals surface area contributed by atoms with Crippen LogP contribution in [0.4, 0.5) is 0 Å². The number of pyridine rings is 4. The Morgan fingerprint density at radius 3 is 0.895 bits per heavy atom. The molecule has 124 heavy (non-hydrogen) atoms. The molecule has 0 unspecified atom stereocenters. The third kappa shape index (κ3) is 13.2. The van der Waals surface area contributed by atoms with Gasteiger partial charge in [-0.15, -0.1) is 0 Å². The van der Waals surface area contributed by atoms with Crippen LogP contribution in [0, 0.1) is 55.4 Å². The quantitative estimate of drug-likeness (QED) is 0.156. The van der Waals surface area contributed by atoms with Crippen LogP contribution in [-0.2, 0) is 71.5 Å². The van der Waals surface area contributed by atoms with Crippen molar-refractivity contribution in [1.82, 2.24) is 0 Å². The molecule has 0 fully saturated rings. The van der Waals surface area contributed by atoms with Crippen molar-refractivity contribution >= 4 is 43.1 Å². The maximum atomic E-state index is 2.47. The summed E-state index contributed by atoms with van der Waals surface area (Å²) in [7, 11) is 8.60. The summed E-state index contributed by atoms with van der Waals surface area (Å²) in [6.07, 6.45) is 8.85. The third-order valence-electron chi connectivity index (χ3n) is 32.1. The topological polar surface area (TPSA) is 15.5 Å². The molecular weight excluding hydrogens is 1500 g/mol. The highest BCUT2D eigenvalue weighted by Crippen LogP contribution is 2.62. The first-order valence-corrected chi connectivity index (χ1v) is 45.1. The number of fused-ring (bicyclic) bond motifs is 18. The molecule has 0 radical (unpaired) electrons. The molecular formula is C120H128N4+4. The van der Waals surface area contributed by atoms with Gasteiger partial charge in [0, 0.05) is 74.2 Å². The lowest BCUT2D eigenvalue weighted by Gasteiger charge is -2.49. The molecule has 16 aromatic rings. The van der Waals surface area contributed by atoms with E-state index in [4.69, 9.17) is 0 Å². The van der Waals surface area contributed by atoms with Gasteiger partial charge in [-0.25, -0.2) is 18.3 Å². The van der Waals surface area contributed by atoms with Crippen LogP contribution in [0.2, 0.25) is 0 Å². The van der Waals surface area contributed by atoms with Gasteiger partial charge in [-0.1, -0.05) is 256 Å². The summed E-state index contributed by atoms with van der Waals surface area (Å²) in [5.74, 6) is 0. The van der Waals surface area contributed by atoms with Gasteiger partial charge in [-0.3, -0.25) is 0 Å². The second kappa shape index (κ2) is 30.0. The number of hydrogen-bond acceptors (Lipinski definition) is 0. The Labute approximate surface area is 740 Å². The molecule has 0 bridgehead atoms. The van der Waals surface area contributed by atoms with E-state index in [0.29, 0.717) is 0 Å². The first-order valence-electron chi connectivity index (χ1n) is 45.1. The van der Waals surface area contributed by atoms with Gasteiger partial charge in [0.05, 0.1) is 0 Å². The zero-order chi connectivity index (χ0) is 88.5. The molecule has 0 N–H and O–H groups in total. The number of benzene rings is 12. The van der Waals surface area contributed by atoms with Crippen LogP contribution in [0.5, 0.6) is 0 Å². The van der Waals surface area contributed by atoms with E-state index in [1.165, 1.54) is 222 Å². The van der Waals surface area contributed by atoms with Crippen molar-refractivity contribution in [2.24, 2.45) is 28.2 Å². The van der Waals surface area contributed by atoms with Crippen molar-refractivity contribution in [2.45, 2.75) is 209 Å². The molecule has 12 aromatic carbocycles. The molecule has 624 valence electrons. The Bertz CT molecular complexity index is 6840. The maximum Gasteiger partial charge on any atom is 0.212 e. The Morgan fingerprint density at radius 1 is 0.194 bits per heavy atom. The van der Waals surface area contributed by atoms with Crippen LogP contribution < -0.4 is 18.3 Å². The highest BCUT2D eigenvalue weighted by atomic mass is 14.9. The van der Waals surface area contributed by atoms with Gasteiger partial charge in [0.2, 0.25) is 22.8 Å². The van der Waals surface area contributed by atoms with E-state index in [-0.39, 0.29) is 43.3 Å². The Balaban J connectivity index is 0.000000117. The molecule has 0 amide bonds. The summed E-state index contributed by atoms with van der Waals surface area (Å²) in [6.45, 7) is 56.5. The number of aromatic nitrogens is 4. The predicted octanol–water partition coefficient (Wildman–Crippen LogP) is 28.7. The first kappa shape index (κ1) is 84.5. The van der Waals surface area contributed by atoms with Gasteiger partial charge in [0.25, 0.3) is 0 Å². The molecule has 20 rings (SSSR count). The molecule has 0 saturated heterocycles. The van der Waals surface area contributed by atoms with Crippen molar-refractivity contribution < 1.29 is 18.3 Å². The van der Waals surface area contributed by atoms with E-state index < -0.39 is 0 Å². The number of hydrogen-bond donors (Lipinski definition) is 0. The fraction of sp³-hybridized carbons (Fsp3) is 0.300. The average molecular weight is 1630 g/mol. The monoisotopic (exact) mass is 1630 g/mol. The van der Waals surface area contributed by atoms with Crippen LogP contribution in [0.25, 0.3) is 133 Å². The van der Waals surface area contributed by atoms with E-state index >= 15 is 0 Å². The molecule has 4 heteroatoms. The summed E-state index contributed by atoms with van der Waals surface area (Å²) < 4.78 is 9.03. The summed E-state index contributed by atoms with van der Waals surface area (Å²) in [5, 5.41) is 10.7. The Morgan fingerprint density at radius 2 is 0.468 bits per heavy atom. The van der Waals surface area contributed by atoms with Crippen molar-refractivity contribution in [3.63, 3.8) is 0 Å². The normalized spacial score (nSPS) is 16.1. The lowest BCUT2D eigenvalue weighted by atomic mass is 9.54. The molecule has 4 aliphatic rings. The summed E-state index contributed by atoms with van der Waals surface area (Å²) in [6, 6.07) is 91.2. The smallest absolute Gasteiger partial charge is 0.201 e. The van der Waals surface area contributed by atoms with Crippen LogP contribution >= 0.6 is 0 Å². The van der Waals surface area contributed by atoms with Gasteiger partial charge >= 0.3 is 0 Å². The summed E-state index contributed by atoms with van der Waals surface area (Å²) >= 11 is 0. The van der Waals surface area contributed by atoms with E-state index in [1.54, 1.807) is 0 Å². The molecule has 0 aliphatic heterocycles. The van der Waals surface area contributed by atoms with Gasteiger partial charge in [-0.05, 0) is 320 Å². The molecule has 0 spiro atoms. The van der Waals surface area contributed by atoms with Crippen molar-refractivity contribution in [1.29, 1.82) is 0 Å². The standard InChI is InChI=1S/4C30H32N/c1-19-12-17-26(31(7)18-19)22-15-16-24-25-14-13-21-10-8-9-11-23(21)28(25)30(5,6)29(3,4)27(24)20(22)2;1-19-12-15-27(31(7)18-19)23-13-14-24-25-16-21-10-8-9-11-22(21)17-26(25)29(3,4)30(5,6)28(24)20(23)2;1-19-12-15-27(31(7)18-19)23-17-26-24(16-20(23)2)28-22-11-9-8-10-21(22)13-14-25(28)29(3,4)30(26,5)6;1-19-12-13-28(31(7)18-19)23-17-27-24(14-20(23)2)25-15-21-10-8-9-11-22(21)16-26(25)29(3,4)30(27,5)6/h4*8-18H,1-7H3/q4*+1. The van der Waals surface area contributed by atoms with Crippen LogP contribution in [0.1, 0.15) is 200 Å². The van der Waals surface area contributed by atoms with Gasteiger partial charge in [0.1, 0.15) is 28.2 Å². The second-order valence-electron chi connectivity index (χ2n) is 41.5. The minimum Gasteiger partial charge on any atom is -0.201 e. The van der Waals surface area contributed by atoms with Gasteiger partial charge in [-0.2, -0.15) is 0 Å². The van der Waals surface area contributed by atoms with Gasteiger partial charge in [0.15, 0.2) is 24.8 Å². The maximum absolute atomic E-state index is 2.47. The largest absolute Gasteiger partial charge is 0.212 e. The lowest BCUT2D eigenvalue weighted by molar-refractivity contribution is -0.660. The average Bonchev–Trinajstić information content (AvgIpc) is 0.267. The number of rotatable bonds is 4.